The standard InChI is InChI=1S/C18H16F2N4O2S/c1-12-10-14(6-7-15(12)19)27(25,26)24-18-9-8-17(22-23-18)21-11-13-4-2-3-5-16(13)20/h2-10H,11H2,1H3,(H,21,22)(H,23,24). The Labute approximate surface area is 155 Å². The third-order valence-electron chi connectivity index (χ3n) is 3.76. The molecule has 0 amide bonds. The van der Waals surface area contributed by atoms with Gasteiger partial charge in [-0.2, -0.15) is 0 Å². The van der Waals surface area contributed by atoms with Gasteiger partial charge < -0.3 is 5.32 Å². The van der Waals surface area contributed by atoms with E-state index in [2.05, 4.69) is 20.2 Å². The summed E-state index contributed by atoms with van der Waals surface area (Å²) in [6.07, 6.45) is 0. The lowest BCUT2D eigenvalue weighted by molar-refractivity contribution is 0.598. The first-order chi connectivity index (χ1) is 12.8. The first kappa shape index (κ1) is 18.7. The lowest BCUT2D eigenvalue weighted by atomic mass is 10.2. The van der Waals surface area contributed by atoms with Crippen molar-refractivity contribution in [3.05, 3.63) is 77.4 Å². The molecular formula is C18H16F2N4O2S. The molecule has 2 N–H and O–H groups in total. The Morgan fingerprint density at radius 3 is 2.30 bits per heavy atom. The molecule has 0 atom stereocenters. The van der Waals surface area contributed by atoms with E-state index in [0.29, 0.717) is 11.4 Å². The highest BCUT2D eigenvalue weighted by atomic mass is 32.2. The van der Waals surface area contributed by atoms with Crippen LogP contribution in [0, 0.1) is 18.6 Å². The molecule has 0 radical (unpaired) electrons. The molecule has 6 nitrogen and oxygen atoms in total. The molecule has 0 saturated carbocycles. The molecule has 0 aliphatic rings. The maximum Gasteiger partial charge on any atom is 0.263 e. The minimum atomic E-state index is -3.92. The molecule has 1 aromatic heterocycles. The van der Waals surface area contributed by atoms with Crippen LogP contribution in [0.3, 0.4) is 0 Å². The van der Waals surface area contributed by atoms with E-state index in [4.69, 9.17) is 0 Å². The van der Waals surface area contributed by atoms with Crippen LogP contribution in [0.1, 0.15) is 11.1 Å². The molecular weight excluding hydrogens is 374 g/mol. The monoisotopic (exact) mass is 390 g/mol. The number of benzene rings is 2. The van der Waals surface area contributed by atoms with Crippen molar-refractivity contribution >= 4 is 21.7 Å². The predicted octanol–water partition coefficient (Wildman–Crippen LogP) is 3.48. The van der Waals surface area contributed by atoms with E-state index < -0.39 is 15.8 Å². The van der Waals surface area contributed by atoms with Crippen molar-refractivity contribution in [2.24, 2.45) is 0 Å². The molecule has 9 heteroatoms. The largest absolute Gasteiger partial charge is 0.364 e. The smallest absolute Gasteiger partial charge is 0.263 e. The van der Waals surface area contributed by atoms with Gasteiger partial charge in [-0.25, -0.2) is 17.2 Å². The number of aryl methyl sites for hydroxylation is 1. The summed E-state index contributed by atoms with van der Waals surface area (Å²) in [5.74, 6) is -0.455. The van der Waals surface area contributed by atoms with Gasteiger partial charge in [0.25, 0.3) is 10.0 Å². The van der Waals surface area contributed by atoms with Crippen LogP contribution in [0.2, 0.25) is 0 Å². The van der Waals surface area contributed by atoms with Crippen LogP contribution >= 0.6 is 0 Å². The number of nitrogens with one attached hydrogen (secondary N) is 2. The fourth-order valence-electron chi connectivity index (χ4n) is 2.29. The van der Waals surface area contributed by atoms with Gasteiger partial charge in [0, 0.05) is 12.1 Å². The Bertz CT molecular complexity index is 1060. The minimum absolute atomic E-state index is 0.00780. The molecule has 140 valence electrons. The lowest BCUT2D eigenvalue weighted by Crippen LogP contribution is -2.15. The fourth-order valence-corrected chi connectivity index (χ4v) is 3.37. The van der Waals surface area contributed by atoms with Gasteiger partial charge in [0.05, 0.1) is 4.90 Å². The van der Waals surface area contributed by atoms with Crippen LogP contribution in [0.25, 0.3) is 0 Å². The highest BCUT2D eigenvalue weighted by Crippen LogP contribution is 2.18. The first-order valence-corrected chi connectivity index (χ1v) is 9.43. The summed E-state index contributed by atoms with van der Waals surface area (Å²) in [5.41, 5.74) is 0.687. The summed E-state index contributed by atoms with van der Waals surface area (Å²) in [4.78, 5) is -0.0787. The number of hydrogen-bond donors (Lipinski definition) is 2. The zero-order valence-electron chi connectivity index (χ0n) is 14.3. The third-order valence-corrected chi connectivity index (χ3v) is 5.11. The quantitative estimate of drug-likeness (QED) is 0.673. The van der Waals surface area contributed by atoms with E-state index in [0.717, 1.165) is 6.07 Å². The van der Waals surface area contributed by atoms with E-state index in [-0.39, 0.29) is 28.6 Å². The second kappa shape index (κ2) is 7.67. The summed E-state index contributed by atoms with van der Waals surface area (Å²) in [6, 6.07) is 12.7. The van der Waals surface area contributed by atoms with Gasteiger partial charge in [-0.3, -0.25) is 4.72 Å². The number of aromatic nitrogens is 2. The molecule has 0 saturated heterocycles. The SMILES string of the molecule is Cc1cc(S(=O)(=O)Nc2ccc(NCc3ccccc3F)nn2)ccc1F. The van der Waals surface area contributed by atoms with Crippen molar-refractivity contribution in [1.82, 2.24) is 10.2 Å². The second-order valence-corrected chi connectivity index (χ2v) is 7.45. The Hall–Kier alpha value is -3.07. The summed E-state index contributed by atoms with van der Waals surface area (Å²) >= 11 is 0. The number of sulfonamides is 1. The van der Waals surface area contributed by atoms with E-state index in [1.165, 1.54) is 37.3 Å². The van der Waals surface area contributed by atoms with Crippen molar-refractivity contribution in [3.63, 3.8) is 0 Å². The number of halogens is 2. The van der Waals surface area contributed by atoms with Crippen LogP contribution in [0.15, 0.2) is 59.5 Å². The fraction of sp³-hybridized carbons (Fsp3) is 0.111. The van der Waals surface area contributed by atoms with E-state index >= 15 is 0 Å². The lowest BCUT2D eigenvalue weighted by Gasteiger charge is -2.09. The Balaban J connectivity index is 1.68. The molecule has 1 heterocycles. The van der Waals surface area contributed by atoms with Crippen molar-refractivity contribution < 1.29 is 17.2 Å². The zero-order chi connectivity index (χ0) is 19.4. The van der Waals surface area contributed by atoms with E-state index in [1.54, 1.807) is 18.2 Å². The number of anilines is 2. The number of hydrogen-bond acceptors (Lipinski definition) is 5. The molecule has 3 rings (SSSR count). The number of rotatable bonds is 6. The van der Waals surface area contributed by atoms with Crippen molar-refractivity contribution in [2.75, 3.05) is 10.0 Å². The van der Waals surface area contributed by atoms with Crippen LogP contribution in [0.5, 0.6) is 0 Å². The van der Waals surface area contributed by atoms with Crippen LogP contribution in [-0.2, 0) is 16.6 Å². The molecule has 27 heavy (non-hydrogen) atoms. The first-order valence-electron chi connectivity index (χ1n) is 7.95. The van der Waals surface area contributed by atoms with Gasteiger partial charge in [-0.1, -0.05) is 18.2 Å². The van der Waals surface area contributed by atoms with Crippen molar-refractivity contribution in [2.45, 2.75) is 18.4 Å². The molecule has 0 fully saturated rings. The van der Waals surface area contributed by atoms with Crippen LogP contribution in [-0.4, -0.2) is 18.6 Å². The van der Waals surface area contributed by atoms with Crippen LogP contribution in [0.4, 0.5) is 20.4 Å². The summed E-state index contributed by atoms with van der Waals surface area (Å²) in [7, 11) is -3.92. The summed E-state index contributed by atoms with van der Waals surface area (Å²) in [5, 5.41) is 10.6. The Kier molecular flexibility index (Phi) is 5.31. The molecule has 0 spiro atoms. The predicted molar refractivity (Wildman–Crippen MR) is 97.7 cm³/mol. The Morgan fingerprint density at radius 2 is 1.63 bits per heavy atom. The van der Waals surface area contributed by atoms with Gasteiger partial charge >= 0.3 is 0 Å². The zero-order valence-corrected chi connectivity index (χ0v) is 15.1. The average molecular weight is 390 g/mol. The molecule has 2 aromatic carbocycles. The summed E-state index contributed by atoms with van der Waals surface area (Å²) < 4.78 is 53.8. The second-order valence-electron chi connectivity index (χ2n) is 5.77. The third kappa shape index (κ3) is 4.56. The highest BCUT2D eigenvalue weighted by Gasteiger charge is 2.16. The number of nitrogens with zero attached hydrogens (tertiary/aromatic N) is 2. The summed E-state index contributed by atoms with van der Waals surface area (Å²) in [6.45, 7) is 1.69. The normalized spacial score (nSPS) is 11.2. The maximum absolute atomic E-state index is 13.6. The van der Waals surface area contributed by atoms with Gasteiger partial charge in [-0.05, 0) is 48.9 Å². The molecule has 0 bridgehead atoms. The van der Waals surface area contributed by atoms with Crippen molar-refractivity contribution in [3.8, 4) is 0 Å². The minimum Gasteiger partial charge on any atom is -0.364 e. The Morgan fingerprint density at radius 1 is 0.926 bits per heavy atom. The average Bonchev–Trinajstić information content (AvgIpc) is 2.64. The van der Waals surface area contributed by atoms with Gasteiger partial charge in [0.15, 0.2) is 5.82 Å². The molecule has 3 aromatic rings. The van der Waals surface area contributed by atoms with Gasteiger partial charge in [0.1, 0.15) is 17.5 Å². The van der Waals surface area contributed by atoms with Crippen LogP contribution < -0.4 is 10.0 Å². The van der Waals surface area contributed by atoms with Gasteiger partial charge in [0.2, 0.25) is 0 Å². The molecule has 0 aliphatic heterocycles. The molecule has 0 aliphatic carbocycles. The highest BCUT2D eigenvalue weighted by molar-refractivity contribution is 7.92. The van der Waals surface area contributed by atoms with E-state index in [1.807, 2.05) is 0 Å². The molecule has 0 unspecified atom stereocenters. The van der Waals surface area contributed by atoms with Crippen molar-refractivity contribution in [1.29, 1.82) is 0 Å². The topological polar surface area (TPSA) is 84.0 Å². The van der Waals surface area contributed by atoms with Gasteiger partial charge in [-0.15, -0.1) is 10.2 Å². The van der Waals surface area contributed by atoms with E-state index in [9.17, 15) is 17.2 Å². The maximum atomic E-state index is 13.6.